The van der Waals surface area contributed by atoms with Crippen LogP contribution in [-0.2, 0) is 17.8 Å². The fraction of sp³-hybridized carbons (Fsp3) is 0.643. The summed E-state index contributed by atoms with van der Waals surface area (Å²) in [6.45, 7) is 10.2. The van der Waals surface area contributed by atoms with Crippen molar-refractivity contribution < 1.29 is 4.79 Å². The van der Waals surface area contributed by atoms with Crippen molar-refractivity contribution >= 4 is 17.2 Å². The van der Waals surface area contributed by atoms with Gasteiger partial charge in [0.1, 0.15) is 0 Å². The van der Waals surface area contributed by atoms with Crippen LogP contribution < -0.4 is 11.1 Å². The zero-order valence-electron chi connectivity index (χ0n) is 12.0. The number of nitrogens with two attached hydrogens (primary N) is 1. The van der Waals surface area contributed by atoms with Crippen LogP contribution in [0.3, 0.4) is 0 Å². The molecule has 0 aliphatic carbocycles. The first kappa shape index (κ1) is 15.2. The molecule has 0 spiro atoms. The average Bonchev–Trinajstić information content (AvgIpc) is 2.72. The Morgan fingerprint density at radius 3 is 2.28 bits per heavy atom. The number of rotatable bonds is 5. The first-order valence-electron chi connectivity index (χ1n) is 6.33. The Labute approximate surface area is 114 Å². The third-order valence-corrected chi connectivity index (χ3v) is 4.90. The second-order valence-corrected chi connectivity index (χ2v) is 7.00. The first-order chi connectivity index (χ1) is 8.18. The molecular weight excluding hydrogens is 244 g/mol. The smallest absolute Gasteiger partial charge is 0.227 e. The Morgan fingerprint density at radius 2 is 1.83 bits per heavy atom. The molecule has 0 aromatic carbocycles. The Morgan fingerprint density at radius 1 is 1.28 bits per heavy atom. The van der Waals surface area contributed by atoms with E-state index in [0.717, 1.165) is 6.42 Å². The molecule has 1 rings (SSSR count). The van der Waals surface area contributed by atoms with Crippen LogP contribution in [0.2, 0.25) is 0 Å². The normalized spacial score (nSPS) is 12.6. The van der Waals surface area contributed by atoms with E-state index < -0.39 is 11.0 Å². The quantitative estimate of drug-likeness (QED) is 0.862. The van der Waals surface area contributed by atoms with E-state index in [0.29, 0.717) is 6.54 Å². The molecule has 0 unspecified atom stereocenters. The van der Waals surface area contributed by atoms with Gasteiger partial charge in [-0.1, -0.05) is 6.92 Å². The summed E-state index contributed by atoms with van der Waals surface area (Å²) < 4.78 is 0. The van der Waals surface area contributed by atoms with Crippen LogP contribution in [-0.4, -0.2) is 11.4 Å². The van der Waals surface area contributed by atoms with Gasteiger partial charge in [-0.2, -0.15) is 0 Å². The van der Waals surface area contributed by atoms with Gasteiger partial charge in [0, 0.05) is 15.3 Å². The minimum absolute atomic E-state index is 0.00134. The van der Waals surface area contributed by atoms with Crippen molar-refractivity contribution in [1.29, 1.82) is 0 Å². The highest BCUT2D eigenvalue weighted by molar-refractivity contribution is 7.11. The summed E-state index contributed by atoms with van der Waals surface area (Å²) in [6.07, 6.45) is 1.04. The molecule has 0 saturated heterocycles. The molecule has 0 aliphatic rings. The molecule has 0 bridgehead atoms. The van der Waals surface area contributed by atoms with Crippen LogP contribution in [0.5, 0.6) is 0 Å². The van der Waals surface area contributed by atoms with Crippen molar-refractivity contribution in [3.8, 4) is 0 Å². The number of amides is 1. The van der Waals surface area contributed by atoms with E-state index in [1.54, 1.807) is 11.3 Å². The molecule has 0 aliphatic heterocycles. The first-order valence-corrected chi connectivity index (χ1v) is 7.15. The average molecular weight is 268 g/mol. The summed E-state index contributed by atoms with van der Waals surface area (Å²) in [7, 11) is 0. The van der Waals surface area contributed by atoms with E-state index in [9.17, 15) is 4.79 Å². The summed E-state index contributed by atoms with van der Waals surface area (Å²) >= 11 is 1.75. The Hall–Kier alpha value is -0.870. The summed E-state index contributed by atoms with van der Waals surface area (Å²) in [5.41, 5.74) is 4.92. The van der Waals surface area contributed by atoms with Crippen LogP contribution in [0.15, 0.2) is 12.1 Å². The zero-order chi connectivity index (χ0) is 14.0. The number of hydrogen-bond acceptors (Lipinski definition) is 3. The van der Waals surface area contributed by atoms with Crippen molar-refractivity contribution in [2.75, 3.05) is 0 Å². The highest BCUT2D eigenvalue weighted by atomic mass is 32.1. The number of hydrogen-bond donors (Lipinski definition) is 2. The number of carbonyl (C=O) groups excluding carboxylic acids is 1. The number of aryl methyl sites for hydroxylation is 1. The molecule has 4 heteroatoms. The predicted octanol–water partition coefficient (Wildman–Crippen LogP) is 2.69. The SMILES string of the molecule is CCc1ccc(CNC(=O)C(C)(C)C(C)(C)N)s1. The van der Waals surface area contributed by atoms with Crippen LogP contribution in [0, 0.1) is 5.41 Å². The van der Waals surface area contributed by atoms with Gasteiger partial charge in [-0.15, -0.1) is 11.3 Å². The van der Waals surface area contributed by atoms with Gasteiger partial charge in [-0.25, -0.2) is 0 Å². The highest BCUT2D eigenvalue weighted by Gasteiger charge is 2.40. The molecule has 0 fully saturated rings. The second kappa shape index (κ2) is 5.41. The van der Waals surface area contributed by atoms with E-state index in [-0.39, 0.29) is 5.91 Å². The van der Waals surface area contributed by atoms with Gasteiger partial charge in [0.2, 0.25) is 5.91 Å². The molecular formula is C14H24N2OS. The molecule has 1 amide bonds. The Bertz CT molecular complexity index is 416. The molecule has 0 saturated carbocycles. The number of carbonyl (C=O) groups is 1. The van der Waals surface area contributed by atoms with Crippen molar-refractivity contribution in [3.63, 3.8) is 0 Å². The molecule has 1 heterocycles. The van der Waals surface area contributed by atoms with E-state index in [4.69, 9.17) is 5.73 Å². The molecule has 0 atom stereocenters. The predicted molar refractivity (Wildman–Crippen MR) is 77.6 cm³/mol. The lowest BCUT2D eigenvalue weighted by atomic mass is 9.74. The highest BCUT2D eigenvalue weighted by Crippen LogP contribution is 2.28. The summed E-state index contributed by atoms with van der Waals surface area (Å²) in [5, 5.41) is 2.97. The van der Waals surface area contributed by atoms with Gasteiger partial charge in [0.25, 0.3) is 0 Å². The maximum absolute atomic E-state index is 12.2. The molecule has 0 radical (unpaired) electrons. The van der Waals surface area contributed by atoms with E-state index in [1.165, 1.54) is 9.75 Å². The summed E-state index contributed by atoms with van der Waals surface area (Å²) in [6, 6.07) is 4.19. The lowest BCUT2D eigenvalue weighted by Crippen LogP contribution is -2.55. The Balaban J connectivity index is 2.61. The van der Waals surface area contributed by atoms with E-state index >= 15 is 0 Å². The fourth-order valence-corrected chi connectivity index (χ4v) is 2.29. The summed E-state index contributed by atoms with van der Waals surface area (Å²) in [5.74, 6) is 0.00134. The maximum atomic E-state index is 12.2. The molecule has 102 valence electrons. The standard InChI is InChI=1S/C14H24N2OS/c1-6-10-7-8-11(18-10)9-16-12(17)13(2,3)14(4,5)15/h7-8H,6,9,15H2,1-5H3,(H,16,17). The third-order valence-electron chi connectivity index (χ3n) is 3.67. The zero-order valence-corrected chi connectivity index (χ0v) is 12.8. The maximum Gasteiger partial charge on any atom is 0.227 e. The molecule has 1 aromatic rings. The van der Waals surface area contributed by atoms with Crippen molar-refractivity contribution in [1.82, 2.24) is 5.32 Å². The molecule has 18 heavy (non-hydrogen) atoms. The minimum atomic E-state index is -0.585. The summed E-state index contributed by atoms with van der Waals surface area (Å²) in [4.78, 5) is 14.7. The van der Waals surface area contributed by atoms with E-state index in [1.807, 2.05) is 27.7 Å². The van der Waals surface area contributed by atoms with E-state index in [2.05, 4.69) is 24.4 Å². The van der Waals surface area contributed by atoms with Crippen LogP contribution in [0.4, 0.5) is 0 Å². The number of thiophene rings is 1. The molecule has 3 N–H and O–H groups in total. The number of nitrogens with one attached hydrogen (secondary N) is 1. The lowest BCUT2D eigenvalue weighted by Gasteiger charge is -2.36. The van der Waals surface area contributed by atoms with Crippen LogP contribution in [0.1, 0.15) is 44.4 Å². The van der Waals surface area contributed by atoms with Gasteiger partial charge >= 0.3 is 0 Å². The van der Waals surface area contributed by atoms with Crippen molar-refractivity contribution in [2.45, 2.75) is 53.1 Å². The Kier molecular flexibility index (Phi) is 4.56. The van der Waals surface area contributed by atoms with Gasteiger partial charge < -0.3 is 11.1 Å². The van der Waals surface area contributed by atoms with Gasteiger partial charge in [-0.3, -0.25) is 4.79 Å². The fourth-order valence-electron chi connectivity index (χ4n) is 1.39. The second-order valence-electron chi connectivity index (χ2n) is 5.75. The monoisotopic (exact) mass is 268 g/mol. The van der Waals surface area contributed by atoms with Gasteiger partial charge in [0.15, 0.2) is 0 Å². The third kappa shape index (κ3) is 3.33. The minimum Gasteiger partial charge on any atom is -0.351 e. The van der Waals surface area contributed by atoms with Crippen molar-refractivity contribution in [3.05, 3.63) is 21.9 Å². The van der Waals surface area contributed by atoms with Crippen LogP contribution in [0.25, 0.3) is 0 Å². The largest absolute Gasteiger partial charge is 0.351 e. The molecule has 1 aromatic heterocycles. The topological polar surface area (TPSA) is 55.1 Å². The van der Waals surface area contributed by atoms with Crippen molar-refractivity contribution in [2.24, 2.45) is 11.1 Å². The molecule has 3 nitrogen and oxygen atoms in total. The van der Waals surface area contributed by atoms with Crippen LogP contribution >= 0.6 is 11.3 Å². The van der Waals surface area contributed by atoms with Gasteiger partial charge in [0.05, 0.1) is 12.0 Å². The van der Waals surface area contributed by atoms with Gasteiger partial charge in [-0.05, 0) is 46.2 Å². The lowest BCUT2D eigenvalue weighted by molar-refractivity contribution is -0.132.